The van der Waals surface area contributed by atoms with Crippen molar-refractivity contribution >= 4 is 36.2 Å². The van der Waals surface area contributed by atoms with Crippen molar-refractivity contribution in [2.24, 2.45) is 9.98 Å². The molecule has 0 aliphatic rings. The Bertz CT molecular complexity index is 1260. The molecular formula is C24H26F2N6O3. The van der Waals surface area contributed by atoms with Crippen molar-refractivity contribution in [2.45, 2.75) is 13.5 Å². The molecule has 0 aliphatic heterocycles. The molecule has 3 aromatic rings. The van der Waals surface area contributed by atoms with Gasteiger partial charge in [-0.3, -0.25) is 20.1 Å². The molecule has 0 saturated heterocycles. The summed E-state index contributed by atoms with van der Waals surface area (Å²) in [4.78, 5) is 30.4. The number of nitrogens with one attached hydrogen (secondary N) is 2. The SMILES string of the molecule is C=Nc1c(C(=O)Nc2ncc(CN(C)C)[nH]2)ccc(-c2c(F)c(OC)cc(OC)c2F)c1N=CC. The topological polar surface area (TPSA) is 104 Å². The van der Waals surface area contributed by atoms with E-state index in [-0.39, 0.29) is 39.9 Å². The van der Waals surface area contributed by atoms with Crippen LogP contribution in [0.1, 0.15) is 23.0 Å². The zero-order valence-electron chi connectivity index (χ0n) is 20.1. The van der Waals surface area contributed by atoms with Gasteiger partial charge in [0.2, 0.25) is 5.95 Å². The summed E-state index contributed by atoms with van der Waals surface area (Å²) in [5.41, 5.74) is 0.593. The van der Waals surface area contributed by atoms with Crippen LogP contribution in [0.25, 0.3) is 11.1 Å². The Morgan fingerprint density at radius 1 is 1.20 bits per heavy atom. The second-order valence-electron chi connectivity index (χ2n) is 7.64. The Labute approximate surface area is 201 Å². The van der Waals surface area contributed by atoms with Gasteiger partial charge in [-0.05, 0) is 33.8 Å². The monoisotopic (exact) mass is 484 g/mol. The van der Waals surface area contributed by atoms with Crippen molar-refractivity contribution in [3.8, 4) is 22.6 Å². The molecule has 0 bridgehead atoms. The van der Waals surface area contributed by atoms with E-state index < -0.39 is 23.1 Å². The van der Waals surface area contributed by atoms with E-state index in [4.69, 9.17) is 9.47 Å². The Morgan fingerprint density at radius 3 is 2.40 bits per heavy atom. The molecule has 0 atom stereocenters. The molecule has 1 aromatic heterocycles. The van der Waals surface area contributed by atoms with Crippen LogP contribution in [-0.2, 0) is 6.54 Å². The number of imidazole rings is 1. The summed E-state index contributed by atoms with van der Waals surface area (Å²) < 4.78 is 40.5. The van der Waals surface area contributed by atoms with E-state index in [2.05, 4.69) is 32.0 Å². The highest BCUT2D eigenvalue weighted by molar-refractivity contribution is 6.10. The number of ether oxygens (including phenoxy) is 2. The molecule has 11 heteroatoms. The van der Waals surface area contributed by atoms with E-state index >= 15 is 8.78 Å². The summed E-state index contributed by atoms with van der Waals surface area (Å²) >= 11 is 0. The van der Waals surface area contributed by atoms with Gasteiger partial charge in [-0.25, -0.2) is 13.8 Å². The quantitative estimate of drug-likeness (QED) is 0.427. The van der Waals surface area contributed by atoms with Crippen LogP contribution < -0.4 is 14.8 Å². The molecule has 0 radical (unpaired) electrons. The average Bonchev–Trinajstić information content (AvgIpc) is 3.25. The van der Waals surface area contributed by atoms with Crippen LogP contribution in [0.15, 0.2) is 34.4 Å². The molecule has 0 saturated carbocycles. The Balaban J connectivity index is 2.13. The van der Waals surface area contributed by atoms with Crippen LogP contribution in [0.4, 0.5) is 26.1 Å². The molecule has 35 heavy (non-hydrogen) atoms. The van der Waals surface area contributed by atoms with E-state index in [0.29, 0.717) is 6.54 Å². The number of methoxy groups -OCH3 is 2. The maximum Gasteiger partial charge on any atom is 0.260 e. The fourth-order valence-electron chi connectivity index (χ4n) is 3.53. The highest BCUT2D eigenvalue weighted by Gasteiger charge is 2.26. The molecule has 3 rings (SSSR count). The number of anilines is 1. The van der Waals surface area contributed by atoms with Gasteiger partial charge < -0.3 is 19.4 Å². The lowest BCUT2D eigenvalue weighted by molar-refractivity contribution is 0.102. The molecule has 0 aliphatic carbocycles. The van der Waals surface area contributed by atoms with Gasteiger partial charge in [0.25, 0.3) is 5.91 Å². The van der Waals surface area contributed by atoms with Gasteiger partial charge in [0.1, 0.15) is 5.69 Å². The minimum atomic E-state index is -0.949. The first-order valence-corrected chi connectivity index (χ1v) is 10.5. The lowest BCUT2D eigenvalue weighted by atomic mass is 9.97. The molecule has 0 spiro atoms. The molecule has 184 valence electrons. The number of carbonyl (C=O) groups is 1. The largest absolute Gasteiger partial charge is 0.494 e. The standard InChI is InChI=1S/C24H26F2N6O3/c1-7-28-22-14(18-19(25)16(34-5)10-17(35-6)20(18)26)8-9-15(21(22)27-2)23(33)31-24-29-11-13(30-24)12-32(3)4/h7-11H,2,12H2,1,3-6H3,(H2,29,30,31,33). The number of hydrogen-bond acceptors (Lipinski definition) is 7. The summed E-state index contributed by atoms with van der Waals surface area (Å²) in [5, 5.41) is 2.66. The third-order valence-electron chi connectivity index (χ3n) is 5.00. The lowest BCUT2D eigenvalue weighted by Crippen LogP contribution is -2.14. The number of amides is 1. The molecule has 9 nitrogen and oxygen atoms in total. The number of carbonyl (C=O) groups excluding carboxylic acids is 1. The normalized spacial score (nSPS) is 11.2. The van der Waals surface area contributed by atoms with Gasteiger partial charge in [-0.1, -0.05) is 6.07 Å². The summed E-state index contributed by atoms with van der Waals surface area (Å²) in [5.74, 6) is -2.65. The highest BCUT2D eigenvalue weighted by atomic mass is 19.1. The number of halogens is 2. The molecule has 1 heterocycles. The Kier molecular flexibility index (Phi) is 7.92. The van der Waals surface area contributed by atoms with Gasteiger partial charge in [0.05, 0.1) is 42.9 Å². The number of aliphatic imine (C=N–C) groups is 2. The van der Waals surface area contributed by atoms with Gasteiger partial charge in [0, 0.05) is 24.4 Å². The zero-order chi connectivity index (χ0) is 25.7. The molecule has 0 unspecified atom stereocenters. The molecule has 1 amide bonds. The number of benzene rings is 2. The van der Waals surface area contributed by atoms with Crippen molar-refractivity contribution in [3.05, 3.63) is 47.3 Å². The van der Waals surface area contributed by atoms with Gasteiger partial charge >= 0.3 is 0 Å². The first kappa shape index (κ1) is 25.5. The van der Waals surface area contributed by atoms with E-state index in [1.54, 1.807) is 13.1 Å². The highest BCUT2D eigenvalue weighted by Crippen LogP contribution is 2.46. The van der Waals surface area contributed by atoms with Crippen LogP contribution in [0.5, 0.6) is 11.5 Å². The van der Waals surface area contributed by atoms with E-state index in [9.17, 15) is 4.79 Å². The van der Waals surface area contributed by atoms with Crippen molar-refractivity contribution < 1.29 is 23.0 Å². The van der Waals surface area contributed by atoms with Crippen LogP contribution in [0.2, 0.25) is 0 Å². The first-order chi connectivity index (χ1) is 16.7. The first-order valence-electron chi connectivity index (χ1n) is 10.5. The molecular weight excluding hydrogens is 458 g/mol. The predicted octanol–water partition coefficient (Wildman–Crippen LogP) is 4.74. The summed E-state index contributed by atoms with van der Waals surface area (Å²) in [7, 11) is 6.32. The fraction of sp³-hybridized carbons (Fsp3) is 0.250. The van der Waals surface area contributed by atoms with Crippen LogP contribution >= 0.6 is 0 Å². The Morgan fingerprint density at radius 2 is 1.86 bits per heavy atom. The minimum absolute atomic E-state index is 0.0405. The van der Waals surface area contributed by atoms with Crippen LogP contribution in [0.3, 0.4) is 0 Å². The average molecular weight is 485 g/mol. The maximum atomic E-state index is 15.2. The number of rotatable bonds is 9. The summed E-state index contributed by atoms with van der Waals surface area (Å²) in [6, 6.07) is 3.88. The maximum absolute atomic E-state index is 15.2. The van der Waals surface area contributed by atoms with Crippen LogP contribution in [0, 0.1) is 11.6 Å². The van der Waals surface area contributed by atoms with Crippen molar-refractivity contribution in [1.29, 1.82) is 0 Å². The predicted molar refractivity (Wildman–Crippen MR) is 132 cm³/mol. The minimum Gasteiger partial charge on any atom is -0.494 e. The number of hydrogen-bond donors (Lipinski definition) is 2. The zero-order valence-corrected chi connectivity index (χ0v) is 20.1. The Hall–Kier alpha value is -4.12. The van der Waals surface area contributed by atoms with Crippen molar-refractivity contribution in [3.63, 3.8) is 0 Å². The van der Waals surface area contributed by atoms with E-state index in [0.717, 1.165) is 11.8 Å². The number of aromatic amines is 1. The number of nitrogens with zero attached hydrogens (tertiary/aromatic N) is 4. The molecule has 2 aromatic carbocycles. The molecule has 2 N–H and O–H groups in total. The number of aromatic nitrogens is 2. The lowest BCUT2D eigenvalue weighted by Gasteiger charge is -2.16. The van der Waals surface area contributed by atoms with Crippen molar-refractivity contribution in [2.75, 3.05) is 33.6 Å². The molecule has 0 fully saturated rings. The summed E-state index contributed by atoms with van der Waals surface area (Å²) in [6.07, 6.45) is 3.03. The summed E-state index contributed by atoms with van der Waals surface area (Å²) in [6.45, 7) is 5.77. The third-order valence-corrected chi connectivity index (χ3v) is 5.00. The van der Waals surface area contributed by atoms with E-state index in [1.165, 1.54) is 32.6 Å². The second kappa shape index (κ2) is 10.9. The fourth-order valence-corrected chi connectivity index (χ4v) is 3.53. The van der Waals surface area contributed by atoms with Gasteiger partial charge in [-0.2, -0.15) is 0 Å². The van der Waals surface area contributed by atoms with Crippen molar-refractivity contribution in [1.82, 2.24) is 14.9 Å². The van der Waals surface area contributed by atoms with Gasteiger partial charge in [0.15, 0.2) is 23.1 Å². The van der Waals surface area contributed by atoms with Crippen LogP contribution in [-0.4, -0.2) is 62.0 Å². The second-order valence-corrected chi connectivity index (χ2v) is 7.64. The third kappa shape index (κ3) is 5.19. The van der Waals surface area contributed by atoms with Gasteiger partial charge in [-0.15, -0.1) is 0 Å². The smallest absolute Gasteiger partial charge is 0.260 e. The van der Waals surface area contributed by atoms with E-state index in [1.807, 2.05) is 19.0 Å². The number of H-pyrrole nitrogens is 1.